The van der Waals surface area contributed by atoms with E-state index in [9.17, 15) is 18.0 Å². The molecule has 1 aromatic carbocycles. The highest BCUT2D eigenvalue weighted by Gasteiger charge is 2.34. The normalized spacial score (nSPS) is 17.0. The van der Waals surface area contributed by atoms with Crippen molar-refractivity contribution in [1.29, 1.82) is 0 Å². The van der Waals surface area contributed by atoms with Crippen molar-refractivity contribution < 1.29 is 22.7 Å². The third-order valence-electron chi connectivity index (χ3n) is 4.04. The van der Waals surface area contributed by atoms with Gasteiger partial charge in [-0.1, -0.05) is 6.07 Å². The zero-order valence-corrected chi connectivity index (χ0v) is 14.2. The molecule has 10 heteroatoms. The molecule has 0 saturated carbocycles. The van der Waals surface area contributed by atoms with Crippen LogP contribution in [-0.2, 0) is 11.0 Å². The van der Waals surface area contributed by atoms with Crippen LogP contribution in [0.15, 0.2) is 36.7 Å². The number of aromatic nitrogens is 2. The summed E-state index contributed by atoms with van der Waals surface area (Å²) in [5.41, 5.74) is 0.879. The van der Waals surface area contributed by atoms with Crippen molar-refractivity contribution in [2.24, 2.45) is 0 Å². The molecule has 1 unspecified atom stereocenters. The van der Waals surface area contributed by atoms with Gasteiger partial charge in [0.05, 0.1) is 20.2 Å². The number of halogens is 3. The smallest absolute Gasteiger partial charge is 0.451 e. The number of carbonyl (C=O) groups is 1. The molecule has 27 heavy (non-hydrogen) atoms. The van der Waals surface area contributed by atoms with Crippen LogP contribution in [0.1, 0.15) is 12.2 Å². The average Bonchev–Trinajstić information content (AvgIpc) is 3.10. The van der Waals surface area contributed by atoms with Crippen LogP contribution in [0.2, 0.25) is 6.32 Å². The summed E-state index contributed by atoms with van der Waals surface area (Å²) in [5, 5.41) is 2.85. The predicted octanol–water partition coefficient (Wildman–Crippen LogP) is 2.57. The summed E-state index contributed by atoms with van der Waals surface area (Å²) >= 11 is 0. The van der Waals surface area contributed by atoms with Crippen LogP contribution in [-0.4, -0.2) is 42.9 Å². The number of alkyl halides is 3. The number of ether oxygens (including phenoxy) is 1. The minimum atomic E-state index is -4.59. The Morgan fingerprint density at radius 3 is 2.70 bits per heavy atom. The van der Waals surface area contributed by atoms with Gasteiger partial charge in [0.2, 0.25) is 11.7 Å². The first-order chi connectivity index (χ1) is 12.8. The highest BCUT2D eigenvalue weighted by atomic mass is 19.4. The summed E-state index contributed by atoms with van der Waals surface area (Å²) in [6, 6.07) is 7.15. The largest absolute Gasteiger partial charge is 0.454 e. The molecule has 140 valence electrons. The van der Waals surface area contributed by atoms with Crippen molar-refractivity contribution in [3.8, 4) is 11.5 Å². The Kier molecular flexibility index (Phi) is 5.52. The van der Waals surface area contributed by atoms with Crippen LogP contribution >= 0.6 is 0 Å². The molecule has 1 fully saturated rings. The van der Waals surface area contributed by atoms with Gasteiger partial charge in [-0.15, -0.1) is 0 Å². The second kappa shape index (κ2) is 7.85. The highest BCUT2D eigenvalue weighted by molar-refractivity contribution is 6.19. The highest BCUT2D eigenvalue weighted by Crippen LogP contribution is 2.29. The first-order valence-electron chi connectivity index (χ1n) is 8.26. The van der Waals surface area contributed by atoms with Crippen molar-refractivity contribution in [2.45, 2.75) is 25.0 Å². The molecule has 1 aliphatic heterocycles. The Hall–Kier alpha value is -2.78. The Bertz CT molecular complexity index is 802. The van der Waals surface area contributed by atoms with E-state index in [2.05, 4.69) is 20.2 Å². The number of hydrogen-bond acceptors (Lipinski definition) is 5. The van der Waals surface area contributed by atoms with Gasteiger partial charge in [0.15, 0.2) is 5.75 Å². The fourth-order valence-corrected chi connectivity index (χ4v) is 2.79. The molecule has 1 aromatic heterocycles. The summed E-state index contributed by atoms with van der Waals surface area (Å²) in [6.45, 7) is 1.39. The number of nitrogens with zero attached hydrogens (tertiary/aromatic N) is 3. The van der Waals surface area contributed by atoms with Gasteiger partial charge < -0.3 is 15.0 Å². The molecule has 0 bridgehead atoms. The Morgan fingerprint density at radius 1 is 1.30 bits per heavy atom. The summed E-state index contributed by atoms with van der Waals surface area (Å²) in [5.74, 6) is -0.854. The molecule has 0 aliphatic carbocycles. The zero-order chi connectivity index (χ0) is 19.4. The molecule has 0 spiro atoms. The standard InChI is InChI=1S/C17H16BF3N4O2/c18-7-15(26)24-11-4-5-25(10-11)12-2-1-3-13(6-12)27-14-8-22-16(23-9-14)17(19,20)21/h1-3,6,8-9,11H,4-5,7,10H2,(H,24,26). The van der Waals surface area contributed by atoms with Gasteiger partial charge in [-0.2, -0.15) is 13.2 Å². The van der Waals surface area contributed by atoms with E-state index >= 15 is 0 Å². The molecule has 2 heterocycles. The molecule has 1 aliphatic rings. The van der Waals surface area contributed by atoms with E-state index < -0.39 is 12.0 Å². The lowest BCUT2D eigenvalue weighted by atomic mass is 10.0. The molecule has 1 atom stereocenters. The van der Waals surface area contributed by atoms with Gasteiger partial charge in [0.25, 0.3) is 0 Å². The summed E-state index contributed by atoms with van der Waals surface area (Å²) in [6.07, 6.45) is -1.88. The van der Waals surface area contributed by atoms with E-state index in [1.54, 1.807) is 18.2 Å². The van der Waals surface area contributed by atoms with Gasteiger partial charge in [0.1, 0.15) is 5.75 Å². The number of nitrogens with one attached hydrogen (secondary N) is 1. The van der Waals surface area contributed by atoms with E-state index in [1.165, 1.54) is 0 Å². The van der Waals surface area contributed by atoms with E-state index in [1.807, 2.05) is 6.07 Å². The molecule has 2 radical (unpaired) electrons. The van der Waals surface area contributed by atoms with Crippen molar-refractivity contribution in [2.75, 3.05) is 18.0 Å². The second-order valence-corrected chi connectivity index (χ2v) is 6.04. The summed E-state index contributed by atoms with van der Waals surface area (Å²) < 4.78 is 43.1. The molecule has 3 rings (SSSR count). The maximum Gasteiger partial charge on any atom is 0.451 e. The van der Waals surface area contributed by atoms with Crippen LogP contribution in [0, 0.1) is 0 Å². The number of anilines is 1. The van der Waals surface area contributed by atoms with Gasteiger partial charge in [-0.3, -0.25) is 4.79 Å². The molecular formula is C17H16BF3N4O2. The fraction of sp³-hybridized carbons (Fsp3) is 0.353. The van der Waals surface area contributed by atoms with Crippen LogP contribution in [0.3, 0.4) is 0 Å². The number of benzene rings is 1. The summed E-state index contributed by atoms with van der Waals surface area (Å²) in [4.78, 5) is 20.0. The van der Waals surface area contributed by atoms with Crippen LogP contribution in [0.4, 0.5) is 18.9 Å². The summed E-state index contributed by atoms with van der Waals surface area (Å²) in [7, 11) is 5.31. The molecule has 1 saturated heterocycles. The fourth-order valence-electron chi connectivity index (χ4n) is 2.79. The average molecular weight is 376 g/mol. The molecule has 1 N–H and O–H groups in total. The number of rotatable bonds is 5. The van der Waals surface area contributed by atoms with E-state index in [4.69, 9.17) is 12.6 Å². The maximum absolute atomic E-state index is 12.5. The number of carbonyl (C=O) groups excluding carboxylic acids is 1. The van der Waals surface area contributed by atoms with E-state index in [-0.39, 0.29) is 24.0 Å². The SMILES string of the molecule is [B]CC(=O)NC1CCN(c2cccc(Oc3cnc(C(F)(F)F)nc3)c2)C1. The Labute approximate surface area is 155 Å². The lowest BCUT2D eigenvalue weighted by Crippen LogP contribution is -2.36. The number of amides is 1. The van der Waals surface area contributed by atoms with Gasteiger partial charge in [-0.25, -0.2) is 9.97 Å². The van der Waals surface area contributed by atoms with Gasteiger partial charge in [-0.05, 0) is 24.9 Å². The molecular weight excluding hydrogens is 360 g/mol. The lowest BCUT2D eigenvalue weighted by Gasteiger charge is -2.20. The number of hydrogen-bond donors (Lipinski definition) is 1. The van der Waals surface area contributed by atoms with Crippen molar-refractivity contribution in [3.05, 3.63) is 42.5 Å². The Morgan fingerprint density at radius 2 is 2.04 bits per heavy atom. The monoisotopic (exact) mass is 376 g/mol. The van der Waals surface area contributed by atoms with Crippen LogP contribution in [0.5, 0.6) is 11.5 Å². The zero-order valence-electron chi connectivity index (χ0n) is 14.2. The quantitative estimate of drug-likeness (QED) is 0.813. The second-order valence-electron chi connectivity index (χ2n) is 6.04. The van der Waals surface area contributed by atoms with E-state index in [0.717, 1.165) is 31.0 Å². The Balaban J connectivity index is 1.65. The molecule has 1 amide bonds. The predicted molar refractivity (Wildman–Crippen MR) is 92.9 cm³/mol. The molecule has 2 aromatic rings. The minimum absolute atomic E-state index is 0.0222. The van der Waals surface area contributed by atoms with Crippen molar-refractivity contribution >= 4 is 19.4 Å². The third-order valence-corrected chi connectivity index (χ3v) is 4.04. The van der Waals surface area contributed by atoms with Gasteiger partial charge in [0, 0.05) is 30.9 Å². The third kappa shape index (κ3) is 4.90. The maximum atomic E-state index is 12.5. The van der Waals surface area contributed by atoms with Crippen molar-refractivity contribution in [1.82, 2.24) is 15.3 Å². The van der Waals surface area contributed by atoms with Crippen LogP contribution in [0.25, 0.3) is 0 Å². The topological polar surface area (TPSA) is 67.4 Å². The first kappa shape index (κ1) is 19.0. The van der Waals surface area contributed by atoms with Crippen LogP contribution < -0.4 is 15.0 Å². The van der Waals surface area contributed by atoms with E-state index in [0.29, 0.717) is 12.3 Å². The van der Waals surface area contributed by atoms with Gasteiger partial charge >= 0.3 is 6.18 Å². The minimum Gasteiger partial charge on any atom is -0.454 e. The molecule has 6 nitrogen and oxygen atoms in total. The lowest BCUT2D eigenvalue weighted by molar-refractivity contribution is -0.145. The first-order valence-corrected chi connectivity index (χ1v) is 8.26. The van der Waals surface area contributed by atoms with Crippen molar-refractivity contribution in [3.63, 3.8) is 0 Å².